The highest BCUT2D eigenvalue weighted by atomic mass is 16.5. The molecule has 0 spiro atoms. The topological polar surface area (TPSA) is 67.4 Å². The van der Waals surface area contributed by atoms with E-state index in [-0.39, 0.29) is 11.8 Å². The third kappa shape index (κ3) is 5.25. The van der Waals surface area contributed by atoms with E-state index < -0.39 is 0 Å². The lowest BCUT2D eigenvalue weighted by molar-refractivity contribution is -0.126. The molecule has 1 atom stereocenters. The van der Waals surface area contributed by atoms with Gasteiger partial charge in [0.15, 0.2) is 5.82 Å². The van der Waals surface area contributed by atoms with E-state index in [1.807, 2.05) is 30.3 Å². The Hall–Kier alpha value is -2.63. The second-order valence-corrected chi connectivity index (χ2v) is 8.08. The van der Waals surface area contributed by atoms with Gasteiger partial charge in [-0.1, -0.05) is 43.9 Å². The van der Waals surface area contributed by atoms with Crippen molar-refractivity contribution in [1.29, 1.82) is 0 Å². The van der Waals surface area contributed by atoms with Crippen LogP contribution in [0.15, 0.2) is 42.7 Å². The average molecular weight is 395 g/mol. The normalized spacial score (nSPS) is 20.7. The number of hydrogen-bond acceptors (Lipinski definition) is 5. The summed E-state index contributed by atoms with van der Waals surface area (Å²) in [5.41, 5.74) is 0. The number of aromatic nitrogens is 2. The summed E-state index contributed by atoms with van der Waals surface area (Å²) in [7, 11) is 0. The number of ether oxygens (including phenoxy) is 1. The van der Waals surface area contributed by atoms with Crippen LogP contribution in [0.3, 0.4) is 0 Å². The fraction of sp³-hybridized carbons (Fsp3) is 0.522. The maximum atomic E-state index is 12.9. The van der Waals surface area contributed by atoms with Crippen molar-refractivity contribution in [2.75, 3.05) is 18.0 Å². The van der Waals surface area contributed by atoms with Crippen LogP contribution in [0.1, 0.15) is 51.4 Å². The van der Waals surface area contributed by atoms with Crippen molar-refractivity contribution >= 4 is 11.7 Å². The molecule has 1 N–H and O–H groups in total. The molecule has 2 aromatic rings. The Kier molecular flexibility index (Phi) is 6.60. The van der Waals surface area contributed by atoms with Crippen LogP contribution in [0.4, 0.5) is 5.82 Å². The molecule has 6 nitrogen and oxygen atoms in total. The van der Waals surface area contributed by atoms with Crippen LogP contribution >= 0.6 is 0 Å². The molecule has 1 saturated heterocycles. The molecule has 1 aromatic carbocycles. The van der Waals surface area contributed by atoms with Gasteiger partial charge < -0.3 is 15.0 Å². The van der Waals surface area contributed by atoms with Gasteiger partial charge in [0, 0.05) is 31.5 Å². The molecule has 0 radical (unpaired) electrons. The molecule has 2 heterocycles. The minimum atomic E-state index is -0.0152. The van der Waals surface area contributed by atoms with Crippen molar-refractivity contribution in [3.63, 3.8) is 0 Å². The minimum Gasteiger partial charge on any atom is -0.436 e. The molecule has 1 unspecified atom stereocenters. The number of carbonyl (C=O) groups excluding carboxylic acids is 1. The molecule has 29 heavy (non-hydrogen) atoms. The van der Waals surface area contributed by atoms with Gasteiger partial charge in [-0.2, -0.15) is 0 Å². The van der Waals surface area contributed by atoms with Crippen LogP contribution in [-0.2, 0) is 4.79 Å². The van der Waals surface area contributed by atoms with Gasteiger partial charge in [-0.05, 0) is 37.8 Å². The van der Waals surface area contributed by atoms with Gasteiger partial charge in [0.1, 0.15) is 5.75 Å². The van der Waals surface area contributed by atoms with Crippen molar-refractivity contribution < 1.29 is 9.53 Å². The van der Waals surface area contributed by atoms with Gasteiger partial charge in [0.25, 0.3) is 5.88 Å². The van der Waals surface area contributed by atoms with Gasteiger partial charge in [-0.25, -0.2) is 9.97 Å². The van der Waals surface area contributed by atoms with Crippen LogP contribution in [0.5, 0.6) is 11.6 Å². The zero-order chi connectivity index (χ0) is 19.9. The first kappa shape index (κ1) is 19.7. The minimum absolute atomic E-state index is 0.0152. The van der Waals surface area contributed by atoms with Crippen LogP contribution in [0.2, 0.25) is 0 Å². The summed E-state index contributed by atoms with van der Waals surface area (Å²) in [5.74, 6) is 2.11. The zero-order valence-electron chi connectivity index (χ0n) is 16.9. The number of amides is 1. The SMILES string of the molecule is O=C(NC1CCCCCC1)C1CCCN(c2nccnc2Oc2ccccc2)C1. The lowest BCUT2D eigenvalue weighted by Crippen LogP contribution is -2.46. The van der Waals surface area contributed by atoms with E-state index in [1.54, 1.807) is 12.4 Å². The Balaban J connectivity index is 1.42. The summed E-state index contributed by atoms with van der Waals surface area (Å²) >= 11 is 0. The molecule has 2 fully saturated rings. The maximum absolute atomic E-state index is 12.9. The van der Waals surface area contributed by atoms with E-state index in [1.165, 1.54) is 25.7 Å². The predicted molar refractivity (Wildman–Crippen MR) is 113 cm³/mol. The van der Waals surface area contributed by atoms with E-state index in [2.05, 4.69) is 20.2 Å². The van der Waals surface area contributed by atoms with Crippen molar-refractivity contribution in [1.82, 2.24) is 15.3 Å². The molecular weight excluding hydrogens is 364 g/mol. The number of nitrogens with one attached hydrogen (secondary N) is 1. The summed E-state index contributed by atoms with van der Waals surface area (Å²) in [4.78, 5) is 24.0. The number of nitrogens with zero attached hydrogens (tertiary/aromatic N) is 3. The number of hydrogen-bond donors (Lipinski definition) is 1. The Bertz CT molecular complexity index is 790. The van der Waals surface area contributed by atoms with Crippen LogP contribution < -0.4 is 15.0 Å². The first-order valence-electron chi connectivity index (χ1n) is 10.9. The summed E-state index contributed by atoms with van der Waals surface area (Å²) in [5, 5.41) is 3.32. The van der Waals surface area contributed by atoms with E-state index in [0.717, 1.165) is 38.0 Å². The van der Waals surface area contributed by atoms with Gasteiger partial charge in [-0.3, -0.25) is 4.79 Å². The maximum Gasteiger partial charge on any atom is 0.263 e. The van der Waals surface area contributed by atoms with E-state index in [0.29, 0.717) is 24.3 Å². The largest absolute Gasteiger partial charge is 0.436 e. The zero-order valence-corrected chi connectivity index (χ0v) is 16.9. The highest BCUT2D eigenvalue weighted by Gasteiger charge is 2.29. The Morgan fingerprint density at radius 2 is 1.72 bits per heavy atom. The van der Waals surface area contributed by atoms with E-state index >= 15 is 0 Å². The monoisotopic (exact) mass is 394 g/mol. The molecule has 0 bridgehead atoms. The van der Waals surface area contributed by atoms with Crippen molar-refractivity contribution in [2.45, 2.75) is 57.4 Å². The van der Waals surface area contributed by atoms with Gasteiger partial charge in [0.05, 0.1) is 5.92 Å². The number of piperidine rings is 1. The molecule has 4 rings (SSSR count). The number of anilines is 1. The molecule has 1 aliphatic heterocycles. The highest BCUT2D eigenvalue weighted by Crippen LogP contribution is 2.31. The van der Waals surface area contributed by atoms with Crippen molar-refractivity contribution in [2.24, 2.45) is 5.92 Å². The number of carbonyl (C=O) groups is 1. The lowest BCUT2D eigenvalue weighted by Gasteiger charge is -2.34. The van der Waals surface area contributed by atoms with Gasteiger partial charge in [-0.15, -0.1) is 0 Å². The molecule has 1 aromatic heterocycles. The fourth-order valence-electron chi connectivity index (χ4n) is 4.33. The molecule has 1 amide bonds. The van der Waals surface area contributed by atoms with Gasteiger partial charge in [0.2, 0.25) is 5.91 Å². The first-order valence-corrected chi connectivity index (χ1v) is 10.9. The molecule has 2 aliphatic rings. The summed E-state index contributed by atoms with van der Waals surface area (Å²) in [6.07, 6.45) is 12.5. The quantitative estimate of drug-likeness (QED) is 0.765. The standard InChI is InChI=1S/C23H30N4O2/c28-22(26-19-10-4-1-2-5-11-19)18-9-8-16-27(17-18)21-23(25-15-14-24-21)29-20-12-6-3-7-13-20/h3,6-7,12-15,18-19H,1-2,4-5,8-11,16-17H2,(H,26,28). The van der Waals surface area contributed by atoms with Crippen LogP contribution in [0.25, 0.3) is 0 Å². The third-order valence-corrected chi connectivity index (χ3v) is 5.90. The first-order chi connectivity index (χ1) is 14.3. The summed E-state index contributed by atoms with van der Waals surface area (Å²) < 4.78 is 5.98. The Morgan fingerprint density at radius 1 is 0.966 bits per heavy atom. The van der Waals surface area contributed by atoms with Crippen molar-refractivity contribution in [3.05, 3.63) is 42.7 Å². The predicted octanol–water partition coefficient (Wildman–Crippen LogP) is 4.32. The number of para-hydroxylation sites is 1. The molecular formula is C23H30N4O2. The average Bonchev–Trinajstić information content (AvgIpc) is 3.04. The third-order valence-electron chi connectivity index (χ3n) is 5.90. The van der Waals surface area contributed by atoms with E-state index in [4.69, 9.17) is 4.74 Å². The second kappa shape index (κ2) is 9.72. The number of rotatable bonds is 5. The van der Waals surface area contributed by atoms with E-state index in [9.17, 15) is 4.79 Å². The molecule has 154 valence electrons. The summed E-state index contributed by atoms with van der Waals surface area (Å²) in [6, 6.07) is 9.95. The van der Waals surface area contributed by atoms with Crippen molar-refractivity contribution in [3.8, 4) is 11.6 Å². The molecule has 6 heteroatoms. The van der Waals surface area contributed by atoms with Crippen LogP contribution in [-0.4, -0.2) is 35.0 Å². The second-order valence-electron chi connectivity index (χ2n) is 8.08. The molecule has 1 aliphatic carbocycles. The van der Waals surface area contributed by atoms with Gasteiger partial charge >= 0.3 is 0 Å². The summed E-state index contributed by atoms with van der Waals surface area (Å²) in [6.45, 7) is 1.51. The van der Waals surface area contributed by atoms with Crippen LogP contribution in [0, 0.1) is 5.92 Å². The number of benzene rings is 1. The Labute approximate surface area is 172 Å². The lowest BCUT2D eigenvalue weighted by atomic mass is 9.96. The highest BCUT2D eigenvalue weighted by molar-refractivity contribution is 5.80. The Morgan fingerprint density at radius 3 is 2.52 bits per heavy atom. The molecule has 1 saturated carbocycles. The fourth-order valence-corrected chi connectivity index (χ4v) is 4.33. The smallest absolute Gasteiger partial charge is 0.263 e.